The van der Waals surface area contributed by atoms with Gasteiger partial charge in [0.25, 0.3) is 0 Å². The molecule has 1 heterocycles. The molecule has 0 atom stereocenters. The fourth-order valence-corrected chi connectivity index (χ4v) is 2.00. The number of anilines is 1. The molecule has 114 valence electrons. The Balaban J connectivity index is 1.83. The van der Waals surface area contributed by atoms with Crippen LogP contribution in [0.4, 0.5) is 5.69 Å². The smallest absolute Gasteiger partial charge is 0.242 e. The maximum atomic E-state index is 12.0. The van der Waals surface area contributed by atoms with Gasteiger partial charge in [0.05, 0.1) is 19.8 Å². The van der Waals surface area contributed by atoms with Crippen LogP contribution in [0, 0.1) is 0 Å². The number of benzene rings is 1. The van der Waals surface area contributed by atoms with Crippen molar-refractivity contribution in [1.82, 2.24) is 4.90 Å². The lowest BCUT2D eigenvalue weighted by atomic mass is 10.3. The molecule has 0 spiro atoms. The summed E-state index contributed by atoms with van der Waals surface area (Å²) in [5, 5.41) is 3.14. The molecule has 0 bridgehead atoms. The third kappa shape index (κ3) is 5.11. The van der Waals surface area contributed by atoms with Crippen molar-refractivity contribution in [2.45, 2.75) is 6.92 Å². The summed E-state index contributed by atoms with van der Waals surface area (Å²) in [5.74, 6) is 0.855. The van der Waals surface area contributed by atoms with Crippen LogP contribution in [0.25, 0.3) is 0 Å². The highest BCUT2D eigenvalue weighted by Crippen LogP contribution is 2.17. The van der Waals surface area contributed by atoms with E-state index in [4.69, 9.17) is 9.47 Å². The van der Waals surface area contributed by atoms with Crippen molar-refractivity contribution >= 4 is 11.6 Å². The third-order valence-electron chi connectivity index (χ3n) is 3.13. The van der Waals surface area contributed by atoms with Gasteiger partial charge >= 0.3 is 0 Å². The third-order valence-corrected chi connectivity index (χ3v) is 3.13. The molecule has 5 heteroatoms. The van der Waals surface area contributed by atoms with Crippen molar-refractivity contribution in [2.75, 3.05) is 44.8 Å². The minimum atomic E-state index is 0.0894. The second-order valence-corrected chi connectivity index (χ2v) is 5.12. The van der Waals surface area contributed by atoms with E-state index < -0.39 is 0 Å². The number of hydrogen-bond acceptors (Lipinski definition) is 4. The van der Waals surface area contributed by atoms with Crippen LogP contribution < -0.4 is 10.1 Å². The average molecular weight is 290 g/mol. The number of carbonyl (C=O) groups is 1. The van der Waals surface area contributed by atoms with E-state index in [1.54, 1.807) is 0 Å². The van der Waals surface area contributed by atoms with Crippen LogP contribution in [0.3, 0.4) is 0 Å². The molecule has 1 saturated heterocycles. The molecule has 1 N–H and O–H groups in total. The predicted octanol–water partition coefficient (Wildman–Crippen LogP) is 1.91. The standard InChI is InChI=1S/C16H22N2O3/c1-13(2)12-21-15-5-3-4-14(10-15)17-11-16(19)18-6-8-20-9-7-18/h3-5,10,17H,1,6-9,11-12H2,2H3. The lowest BCUT2D eigenvalue weighted by Crippen LogP contribution is -2.43. The molecule has 1 aromatic rings. The Hall–Kier alpha value is -2.01. The molecular weight excluding hydrogens is 268 g/mol. The van der Waals surface area contributed by atoms with Crippen molar-refractivity contribution < 1.29 is 14.3 Å². The molecule has 21 heavy (non-hydrogen) atoms. The second-order valence-electron chi connectivity index (χ2n) is 5.12. The lowest BCUT2D eigenvalue weighted by Gasteiger charge is -2.27. The van der Waals surface area contributed by atoms with E-state index in [0.29, 0.717) is 32.9 Å². The Labute approximate surface area is 125 Å². The van der Waals surface area contributed by atoms with Crippen molar-refractivity contribution in [1.29, 1.82) is 0 Å². The molecule has 1 aliphatic rings. The monoisotopic (exact) mass is 290 g/mol. The van der Waals surface area contributed by atoms with E-state index in [1.165, 1.54) is 0 Å². The Morgan fingerprint density at radius 3 is 2.90 bits per heavy atom. The van der Waals surface area contributed by atoms with Gasteiger partial charge in [0.2, 0.25) is 5.91 Å². The Bertz CT molecular complexity index is 496. The summed E-state index contributed by atoms with van der Waals surface area (Å²) in [7, 11) is 0. The van der Waals surface area contributed by atoms with Crippen molar-refractivity contribution in [2.24, 2.45) is 0 Å². The predicted molar refractivity (Wildman–Crippen MR) is 82.6 cm³/mol. The fourth-order valence-electron chi connectivity index (χ4n) is 2.00. The number of amides is 1. The first-order valence-electron chi connectivity index (χ1n) is 7.12. The van der Waals surface area contributed by atoms with E-state index in [0.717, 1.165) is 17.0 Å². The van der Waals surface area contributed by atoms with Gasteiger partial charge < -0.3 is 19.7 Å². The van der Waals surface area contributed by atoms with Crippen LogP contribution in [0.1, 0.15) is 6.92 Å². The first-order chi connectivity index (χ1) is 10.1. The number of morpholine rings is 1. The maximum absolute atomic E-state index is 12.0. The molecule has 1 amide bonds. The molecule has 0 aromatic heterocycles. The molecule has 5 nitrogen and oxygen atoms in total. The summed E-state index contributed by atoms with van der Waals surface area (Å²) in [6.45, 7) is 9.08. The summed E-state index contributed by atoms with van der Waals surface area (Å²) in [4.78, 5) is 13.9. The quantitative estimate of drug-likeness (QED) is 0.813. The van der Waals surface area contributed by atoms with Gasteiger partial charge in [0.1, 0.15) is 12.4 Å². The first-order valence-corrected chi connectivity index (χ1v) is 7.12. The van der Waals surface area contributed by atoms with Crippen LogP contribution in [0.15, 0.2) is 36.4 Å². The van der Waals surface area contributed by atoms with Crippen LogP contribution in [0.5, 0.6) is 5.75 Å². The number of nitrogens with one attached hydrogen (secondary N) is 1. The van der Waals surface area contributed by atoms with E-state index in [1.807, 2.05) is 36.1 Å². The van der Waals surface area contributed by atoms with Crippen molar-refractivity contribution in [3.8, 4) is 5.75 Å². The van der Waals surface area contributed by atoms with E-state index in [-0.39, 0.29) is 12.5 Å². The Kier molecular flexibility index (Phi) is 5.63. The van der Waals surface area contributed by atoms with Crippen molar-refractivity contribution in [3.63, 3.8) is 0 Å². The number of hydrogen-bond donors (Lipinski definition) is 1. The highest BCUT2D eigenvalue weighted by atomic mass is 16.5. The molecule has 0 radical (unpaired) electrons. The normalized spacial score (nSPS) is 14.6. The van der Waals surface area contributed by atoms with Crippen LogP contribution in [0.2, 0.25) is 0 Å². The van der Waals surface area contributed by atoms with Crippen LogP contribution in [-0.4, -0.2) is 50.3 Å². The number of rotatable bonds is 6. The van der Waals surface area contributed by atoms with Gasteiger partial charge in [-0.1, -0.05) is 12.6 Å². The number of nitrogens with zero attached hydrogens (tertiary/aromatic N) is 1. The summed E-state index contributed by atoms with van der Waals surface area (Å²) < 4.78 is 10.8. The zero-order valence-corrected chi connectivity index (χ0v) is 12.4. The minimum absolute atomic E-state index is 0.0894. The van der Waals surface area contributed by atoms with Gasteiger partial charge in [-0.2, -0.15) is 0 Å². The Morgan fingerprint density at radius 1 is 1.43 bits per heavy atom. The van der Waals surface area contributed by atoms with Gasteiger partial charge in [0, 0.05) is 24.8 Å². The van der Waals surface area contributed by atoms with E-state index in [2.05, 4.69) is 11.9 Å². The SMILES string of the molecule is C=C(C)COc1cccc(NCC(=O)N2CCOCC2)c1. The summed E-state index contributed by atoms with van der Waals surface area (Å²) in [5.41, 5.74) is 1.84. The largest absolute Gasteiger partial charge is 0.489 e. The van der Waals surface area contributed by atoms with Gasteiger partial charge in [-0.05, 0) is 24.6 Å². The number of ether oxygens (including phenoxy) is 2. The first kappa shape index (κ1) is 15.4. The maximum Gasteiger partial charge on any atom is 0.242 e. The fraction of sp³-hybridized carbons (Fsp3) is 0.438. The lowest BCUT2D eigenvalue weighted by molar-refractivity contribution is -0.133. The topological polar surface area (TPSA) is 50.8 Å². The molecule has 0 saturated carbocycles. The van der Waals surface area contributed by atoms with Gasteiger partial charge in [0.15, 0.2) is 0 Å². The highest BCUT2D eigenvalue weighted by molar-refractivity contribution is 5.81. The summed E-state index contributed by atoms with van der Waals surface area (Å²) >= 11 is 0. The van der Waals surface area contributed by atoms with E-state index >= 15 is 0 Å². The number of carbonyl (C=O) groups excluding carboxylic acids is 1. The zero-order valence-electron chi connectivity index (χ0n) is 12.4. The average Bonchev–Trinajstić information content (AvgIpc) is 2.52. The van der Waals surface area contributed by atoms with Gasteiger partial charge in [-0.3, -0.25) is 4.79 Å². The molecule has 2 rings (SSSR count). The highest BCUT2D eigenvalue weighted by Gasteiger charge is 2.16. The Morgan fingerprint density at radius 2 is 2.19 bits per heavy atom. The van der Waals surface area contributed by atoms with E-state index in [9.17, 15) is 4.79 Å². The zero-order chi connectivity index (χ0) is 15.1. The minimum Gasteiger partial charge on any atom is -0.489 e. The second kappa shape index (κ2) is 7.69. The molecule has 1 aliphatic heterocycles. The summed E-state index contributed by atoms with van der Waals surface area (Å²) in [6.07, 6.45) is 0. The molecule has 0 aliphatic carbocycles. The van der Waals surface area contributed by atoms with Crippen LogP contribution in [-0.2, 0) is 9.53 Å². The van der Waals surface area contributed by atoms with Gasteiger partial charge in [-0.25, -0.2) is 0 Å². The van der Waals surface area contributed by atoms with Crippen molar-refractivity contribution in [3.05, 3.63) is 36.4 Å². The molecular formula is C16H22N2O3. The van der Waals surface area contributed by atoms with Gasteiger partial charge in [-0.15, -0.1) is 0 Å². The van der Waals surface area contributed by atoms with Crippen LogP contribution >= 0.6 is 0 Å². The molecule has 1 fully saturated rings. The summed E-state index contributed by atoms with van der Waals surface area (Å²) in [6, 6.07) is 7.59. The molecule has 0 unspecified atom stereocenters. The molecule has 1 aromatic carbocycles.